The fourth-order valence-corrected chi connectivity index (χ4v) is 2.66. The van der Waals surface area contributed by atoms with Crippen LogP contribution in [0.2, 0.25) is 0 Å². The molecule has 0 aliphatic heterocycles. The normalized spacial score (nSPS) is 10.7. The van der Waals surface area contributed by atoms with Crippen LogP contribution in [0, 0.1) is 13.8 Å². The van der Waals surface area contributed by atoms with E-state index in [0.29, 0.717) is 11.5 Å². The van der Waals surface area contributed by atoms with Crippen LogP contribution < -0.4 is 10.2 Å². The zero-order valence-electron chi connectivity index (χ0n) is 14.4. The number of hydrogen-bond acceptors (Lipinski definition) is 3. The second-order valence-electron chi connectivity index (χ2n) is 5.90. The molecule has 22 heavy (non-hydrogen) atoms. The van der Waals surface area contributed by atoms with Crippen molar-refractivity contribution in [3.05, 3.63) is 39.8 Å². The molecule has 3 nitrogen and oxygen atoms in total. The maximum atomic E-state index is 12.1. The highest BCUT2D eigenvalue weighted by atomic mass is 16.6. The van der Waals surface area contributed by atoms with E-state index in [9.17, 15) is 4.79 Å². The number of rotatable bonds is 11. The second kappa shape index (κ2) is 10.3. The third-order valence-electron chi connectivity index (χ3n) is 4.12. The molecule has 0 radical (unpaired) electrons. The van der Waals surface area contributed by atoms with Gasteiger partial charge in [-0.25, -0.2) is 0 Å². The van der Waals surface area contributed by atoms with Gasteiger partial charge in [-0.2, -0.15) is 0 Å². The highest BCUT2D eigenvalue weighted by Gasteiger charge is 2.13. The number of hydrogen-bond donors (Lipinski definition) is 0. The molecule has 0 aromatic carbocycles. The van der Waals surface area contributed by atoms with Crippen LogP contribution in [0.25, 0.3) is 0 Å². The van der Waals surface area contributed by atoms with E-state index < -0.39 is 0 Å². The molecule has 3 heteroatoms. The van der Waals surface area contributed by atoms with Crippen molar-refractivity contribution in [3.63, 3.8) is 0 Å². The van der Waals surface area contributed by atoms with Crippen LogP contribution in [0.15, 0.2) is 21.9 Å². The molecule has 0 aliphatic rings. The van der Waals surface area contributed by atoms with E-state index in [0.717, 1.165) is 30.6 Å². The predicted octanol–water partition coefficient (Wildman–Crippen LogP) is 5.11. The van der Waals surface area contributed by atoms with Crippen molar-refractivity contribution < 1.29 is 9.15 Å². The van der Waals surface area contributed by atoms with Crippen LogP contribution in [0.3, 0.4) is 0 Å². The fraction of sp³-hybridized carbons (Fsp3) is 0.632. The summed E-state index contributed by atoms with van der Waals surface area (Å²) in [5, 5.41) is 0. The lowest BCUT2D eigenvalue weighted by molar-refractivity contribution is 0.277. The summed E-state index contributed by atoms with van der Waals surface area (Å²) < 4.78 is 10.8. The van der Waals surface area contributed by atoms with Gasteiger partial charge in [0.25, 0.3) is 5.95 Å². The highest BCUT2D eigenvalue weighted by Crippen LogP contribution is 2.20. The molecule has 0 bridgehead atoms. The van der Waals surface area contributed by atoms with Crippen molar-refractivity contribution >= 4 is 0 Å². The molecule has 124 valence electrons. The van der Waals surface area contributed by atoms with Gasteiger partial charge in [-0.15, -0.1) is 6.58 Å². The van der Waals surface area contributed by atoms with Crippen molar-refractivity contribution in [1.82, 2.24) is 0 Å². The number of allylic oxidation sites excluding steroid dienone is 1. The summed E-state index contributed by atoms with van der Waals surface area (Å²) in [7, 11) is 1.54. The van der Waals surface area contributed by atoms with E-state index in [1.54, 1.807) is 6.92 Å². The molecule has 0 saturated carbocycles. The Bertz CT molecular complexity index is 514. The number of aryl methyl sites for hydroxylation is 1. The van der Waals surface area contributed by atoms with Gasteiger partial charge in [0.15, 0.2) is 5.43 Å². The van der Waals surface area contributed by atoms with Crippen molar-refractivity contribution in [2.45, 2.75) is 71.6 Å². The Hall–Kier alpha value is -1.51. The summed E-state index contributed by atoms with van der Waals surface area (Å²) >= 11 is 0. The summed E-state index contributed by atoms with van der Waals surface area (Å²) in [6.45, 7) is 7.32. The van der Waals surface area contributed by atoms with Crippen LogP contribution in [0.1, 0.15) is 68.3 Å². The summed E-state index contributed by atoms with van der Waals surface area (Å²) in [6.07, 6.45) is 12.6. The van der Waals surface area contributed by atoms with Crippen molar-refractivity contribution in [1.29, 1.82) is 0 Å². The molecular formula is C19H30O3. The molecule has 1 heterocycles. The predicted molar refractivity (Wildman–Crippen MR) is 91.8 cm³/mol. The number of methoxy groups -OCH3 is 1. The van der Waals surface area contributed by atoms with Crippen LogP contribution in [0.4, 0.5) is 0 Å². The molecule has 1 aromatic heterocycles. The molecule has 1 rings (SSSR count). The largest absolute Gasteiger partial charge is 0.468 e. The Labute approximate surface area is 134 Å². The van der Waals surface area contributed by atoms with Crippen molar-refractivity contribution in [3.8, 4) is 5.95 Å². The quantitative estimate of drug-likeness (QED) is 0.421. The first-order valence-corrected chi connectivity index (χ1v) is 8.39. The Morgan fingerprint density at radius 3 is 2.18 bits per heavy atom. The van der Waals surface area contributed by atoms with E-state index >= 15 is 0 Å². The first-order valence-electron chi connectivity index (χ1n) is 8.39. The molecular weight excluding hydrogens is 276 g/mol. The lowest BCUT2D eigenvalue weighted by Crippen LogP contribution is -2.13. The molecule has 0 amide bonds. The summed E-state index contributed by atoms with van der Waals surface area (Å²) in [5.41, 5.74) is 1.33. The van der Waals surface area contributed by atoms with Crippen LogP contribution in [-0.2, 0) is 6.42 Å². The van der Waals surface area contributed by atoms with E-state index in [2.05, 4.69) is 6.58 Å². The van der Waals surface area contributed by atoms with Gasteiger partial charge in [0.2, 0.25) is 0 Å². The van der Waals surface area contributed by atoms with E-state index in [-0.39, 0.29) is 5.43 Å². The van der Waals surface area contributed by atoms with Gasteiger partial charge in [0.1, 0.15) is 5.76 Å². The van der Waals surface area contributed by atoms with Crippen molar-refractivity contribution in [2.24, 2.45) is 0 Å². The van der Waals surface area contributed by atoms with Gasteiger partial charge in [-0.3, -0.25) is 4.79 Å². The lowest BCUT2D eigenvalue weighted by atomic mass is 10.0. The minimum atomic E-state index is 0.0420. The van der Waals surface area contributed by atoms with Gasteiger partial charge in [0, 0.05) is 12.0 Å². The average molecular weight is 306 g/mol. The molecule has 1 aromatic rings. The third-order valence-corrected chi connectivity index (χ3v) is 4.12. The maximum Gasteiger partial charge on any atom is 0.291 e. The number of unbranched alkanes of at least 4 members (excludes halogenated alkanes) is 7. The third kappa shape index (κ3) is 5.70. The highest BCUT2D eigenvalue weighted by molar-refractivity contribution is 5.29. The number of ether oxygens (including phenoxy) is 1. The summed E-state index contributed by atoms with van der Waals surface area (Å²) in [6, 6.07) is 0. The van der Waals surface area contributed by atoms with Gasteiger partial charge in [0.05, 0.1) is 12.7 Å². The molecule has 0 N–H and O–H groups in total. The SMILES string of the molecule is C=CCCCCCCCCCc1oc(OC)c(C)c(=O)c1C. The van der Waals surface area contributed by atoms with Gasteiger partial charge < -0.3 is 9.15 Å². The minimum absolute atomic E-state index is 0.0420. The van der Waals surface area contributed by atoms with E-state index in [1.807, 2.05) is 13.0 Å². The van der Waals surface area contributed by atoms with Crippen LogP contribution in [-0.4, -0.2) is 7.11 Å². The Morgan fingerprint density at radius 1 is 1.00 bits per heavy atom. The van der Waals surface area contributed by atoms with Gasteiger partial charge in [-0.05, 0) is 33.1 Å². The summed E-state index contributed by atoms with van der Waals surface area (Å²) in [5.74, 6) is 1.13. The standard InChI is InChI=1S/C19H30O3/c1-5-6-7-8-9-10-11-12-13-14-17-15(2)18(20)16(3)19(21-4)22-17/h5H,1,6-14H2,2-4H3. The molecule has 0 unspecified atom stereocenters. The monoisotopic (exact) mass is 306 g/mol. The first-order chi connectivity index (χ1) is 10.6. The molecule has 0 aliphatic carbocycles. The summed E-state index contributed by atoms with van der Waals surface area (Å²) in [4.78, 5) is 12.1. The van der Waals surface area contributed by atoms with Crippen LogP contribution >= 0.6 is 0 Å². The van der Waals surface area contributed by atoms with Crippen LogP contribution in [0.5, 0.6) is 5.95 Å². The molecule has 0 saturated heterocycles. The van der Waals surface area contributed by atoms with Gasteiger partial charge in [-0.1, -0.05) is 38.2 Å². The second-order valence-corrected chi connectivity index (χ2v) is 5.90. The van der Waals surface area contributed by atoms with E-state index in [4.69, 9.17) is 9.15 Å². The Balaban J connectivity index is 2.32. The molecule has 0 spiro atoms. The Kier molecular flexibility index (Phi) is 8.64. The minimum Gasteiger partial charge on any atom is -0.468 e. The first kappa shape index (κ1) is 18.5. The maximum absolute atomic E-state index is 12.1. The van der Waals surface area contributed by atoms with Gasteiger partial charge >= 0.3 is 0 Å². The fourth-order valence-electron chi connectivity index (χ4n) is 2.66. The zero-order chi connectivity index (χ0) is 16.4. The smallest absolute Gasteiger partial charge is 0.291 e. The molecule has 0 atom stereocenters. The van der Waals surface area contributed by atoms with E-state index in [1.165, 1.54) is 45.6 Å². The lowest BCUT2D eigenvalue weighted by Gasteiger charge is -2.09. The zero-order valence-corrected chi connectivity index (χ0v) is 14.4. The topological polar surface area (TPSA) is 39.4 Å². The van der Waals surface area contributed by atoms with Crippen molar-refractivity contribution in [2.75, 3.05) is 7.11 Å². The Morgan fingerprint density at radius 2 is 1.59 bits per heavy atom. The molecule has 0 fully saturated rings. The average Bonchev–Trinajstić information content (AvgIpc) is 2.53.